The quantitative estimate of drug-likeness (QED) is 0.307. The number of ether oxygens (including phenoxy) is 2. The van der Waals surface area contributed by atoms with Gasteiger partial charge in [-0.3, -0.25) is 4.99 Å². The summed E-state index contributed by atoms with van der Waals surface area (Å²) in [7, 11) is 1.71. The van der Waals surface area contributed by atoms with Gasteiger partial charge in [0.15, 0.2) is 0 Å². The largest absolute Gasteiger partial charge is 0.512 e. The van der Waals surface area contributed by atoms with Crippen LogP contribution >= 0.6 is 0 Å². The van der Waals surface area contributed by atoms with Gasteiger partial charge in [0.05, 0.1) is 25.9 Å². The highest BCUT2D eigenvalue weighted by Gasteiger charge is 2.58. The van der Waals surface area contributed by atoms with Gasteiger partial charge >= 0.3 is 5.97 Å². The Hall–Kier alpha value is -2.34. The molecule has 6 heteroatoms. The SMILES string of the molecule is CCOC(=O)/C(C=N[C@@H]1C[C@H]2[C@@H]3CCc4cc(OC)ccc4[C@H]3CC[C@]2(C)[C@H]1O)=C(/C)O. The highest BCUT2D eigenvalue weighted by atomic mass is 16.5. The lowest BCUT2D eigenvalue weighted by molar-refractivity contribution is -0.138. The topological polar surface area (TPSA) is 88.4 Å². The molecule has 1 aromatic rings. The number of rotatable bonds is 5. The molecule has 2 saturated carbocycles. The monoisotopic (exact) mass is 441 g/mol. The van der Waals surface area contributed by atoms with Crippen LogP contribution in [-0.4, -0.2) is 48.3 Å². The number of methoxy groups -OCH3 is 1. The van der Waals surface area contributed by atoms with Gasteiger partial charge in [0.2, 0.25) is 0 Å². The highest BCUT2D eigenvalue weighted by Crippen LogP contribution is 2.61. The Kier molecular flexibility index (Phi) is 6.35. The van der Waals surface area contributed by atoms with Gasteiger partial charge in [-0.25, -0.2) is 4.79 Å². The molecule has 174 valence electrons. The number of aliphatic hydroxyl groups excluding tert-OH is 2. The Morgan fingerprint density at radius 1 is 1.34 bits per heavy atom. The fourth-order valence-electron chi connectivity index (χ4n) is 6.49. The van der Waals surface area contributed by atoms with E-state index in [9.17, 15) is 15.0 Å². The number of fused-ring (bicyclic) bond motifs is 5. The molecule has 0 aromatic heterocycles. The second-order valence-electron chi connectivity index (χ2n) is 9.77. The third kappa shape index (κ3) is 3.83. The molecule has 6 nitrogen and oxygen atoms in total. The van der Waals surface area contributed by atoms with Crippen LogP contribution < -0.4 is 4.74 Å². The summed E-state index contributed by atoms with van der Waals surface area (Å²) in [4.78, 5) is 16.7. The van der Waals surface area contributed by atoms with Gasteiger partial charge in [0, 0.05) is 6.21 Å². The van der Waals surface area contributed by atoms with Crippen molar-refractivity contribution in [3.05, 3.63) is 40.7 Å². The van der Waals surface area contributed by atoms with E-state index in [0.29, 0.717) is 17.8 Å². The Balaban J connectivity index is 1.57. The predicted molar refractivity (Wildman–Crippen MR) is 123 cm³/mol. The fourth-order valence-corrected chi connectivity index (χ4v) is 6.49. The van der Waals surface area contributed by atoms with Crippen LogP contribution in [0.1, 0.15) is 63.5 Å². The maximum Gasteiger partial charge on any atom is 0.343 e. The first kappa shape index (κ1) is 22.8. The van der Waals surface area contributed by atoms with Crippen molar-refractivity contribution >= 4 is 12.2 Å². The minimum Gasteiger partial charge on any atom is -0.512 e. The van der Waals surface area contributed by atoms with Gasteiger partial charge in [-0.05, 0) is 92.4 Å². The number of esters is 1. The molecule has 32 heavy (non-hydrogen) atoms. The van der Waals surface area contributed by atoms with Crippen molar-refractivity contribution < 1.29 is 24.5 Å². The third-order valence-corrected chi connectivity index (χ3v) is 8.19. The van der Waals surface area contributed by atoms with E-state index in [2.05, 4.69) is 30.1 Å². The predicted octanol–water partition coefficient (Wildman–Crippen LogP) is 4.36. The molecule has 0 aliphatic heterocycles. The molecule has 0 saturated heterocycles. The zero-order chi connectivity index (χ0) is 23.0. The second kappa shape index (κ2) is 8.89. The van der Waals surface area contributed by atoms with Crippen LogP contribution in [0.4, 0.5) is 0 Å². The van der Waals surface area contributed by atoms with Gasteiger partial charge in [-0.15, -0.1) is 0 Å². The van der Waals surface area contributed by atoms with Crippen LogP contribution in [0.25, 0.3) is 0 Å². The van der Waals surface area contributed by atoms with E-state index < -0.39 is 12.1 Å². The molecule has 6 atom stereocenters. The number of aryl methyl sites for hydroxylation is 1. The summed E-state index contributed by atoms with van der Waals surface area (Å²) in [6, 6.07) is 6.18. The number of aliphatic imine (C=N–C) groups is 1. The Labute approximate surface area is 190 Å². The van der Waals surface area contributed by atoms with E-state index in [1.165, 1.54) is 24.3 Å². The number of hydrogen-bond acceptors (Lipinski definition) is 6. The average Bonchev–Trinajstić information content (AvgIpc) is 3.03. The summed E-state index contributed by atoms with van der Waals surface area (Å²) in [5.74, 6) is 1.60. The van der Waals surface area contributed by atoms with Crippen molar-refractivity contribution in [1.29, 1.82) is 0 Å². The summed E-state index contributed by atoms with van der Waals surface area (Å²) < 4.78 is 10.4. The van der Waals surface area contributed by atoms with Crippen molar-refractivity contribution in [2.24, 2.45) is 22.2 Å². The number of allylic oxidation sites excluding steroid dienone is 1. The molecule has 0 heterocycles. The lowest BCUT2D eigenvalue weighted by atomic mass is 9.55. The van der Waals surface area contributed by atoms with Crippen molar-refractivity contribution in [2.75, 3.05) is 13.7 Å². The highest BCUT2D eigenvalue weighted by molar-refractivity contribution is 6.09. The van der Waals surface area contributed by atoms with Crippen molar-refractivity contribution in [1.82, 2.24) is 0 Å². The fraction of sp³-hybridized carbons (Fsp3) is 0.615. The minimum atomic E-state index is -0.591. The van der Waals surface area contributed by atoms with Crippen molar-refractivity contribution in [3.63, 3.8) is 0 Å². The first-order chi connectivity index (χ1) is 15.3. The summed E-state index contributed by atoms with van der Waals surface area (Å²) in [6.07, 6.45) is 5.78. The molecule has 0 spiro atoms. The van der Waals surface area contributed by atoms with Crippen LogP contribution in [0.15, 0.2) is 34.5 Å². The smallest absolute Gasteiger partial charge is 0.343 e. The van der Waals surface area contributed by atoms with Gasteiger partial charge < -0.3 is 19.7 Å². The zero-order valence-corrected chi connectivity index (χ0v) is 19.5. The lowest BCUT2D eigenvalue weighted by Crippen LogP contribution is -2.44. The molecule has 0 amide bonds. The van der Waals surface area contributed by atoms with Gasteiger partial charge in [0.25, 0.3) is 0 Å². The third-order valence-electron chi connectivity index (χ3n) is 8.19. The average molecular weight is 442 g/mol. The number of aliphatic hydroxyl groups is 2. The van der Waals surface area contributed by atoms with E-state index in [4.69, 9.17) is 9.47 Å². The Bertz CT molecular complexity index is 934. The normalized spacial score (nSPS) is 34.3. The first-order valence-electron chi connectivity index (χ1n) is 11.7. The number of nitrogens with zero attached hydrogens (tertiary/aromatic N) is 1. The van der Waals surface area contributed by atoms with Crippen molar-refractivity contribution in [3.8, 4) is 5.75 Å². The number of benzene rings is 1. The molecule has 2 N–H and O–H groups in total. The first-order valence-corrected chi connectivity index (χ1v) is 11.7. The van der Waals surface area contributed by atoms with E-state index in [0.717, 1.165) is 37.9 Å². The second-order valence-corrected chi connectivity index (χ2v) is 9.77. The van der Waals surface area contributed by atoms with Crippen LogP contribution in [0, 0.1) is 17.3 Å². The lowest BCUT2D eigenvalue weighted by Gasteiger charge is -2.50. The maximum absolute atomic E-state index is 12.1. The molecule has 4 rings (SSSR count). The molecule has 1 aromatic carbocycles. The van der Waals surface area contributed by atoms with E-state index >= 15 is 0 Å². The zero-order valence-electron chi connectivity index (χ0n) is 19.5. The molecule has 3 aliphatic rings. The maximum atomic E-state index is 12.1. The molecule has 3 aliphatic carbocycles. The summed E-state index contributed by atoms with van der Waals surface area (Å²) in [6.45, 7) is 5.60. The van der Waals surface area contributed by atoms with Crippen LogP contribution in [0.5, 0.6) is 5.75 Å². The molecule has 2 fully saturated rings. The summed E-state index contributed by atoms with van der Waals surface area (Å²) in [5, 5.41) is 21.2. The van der Waals surface area contributed by atoms with Crippen LogP contribution in [0.3, 0.4) is 0 Å². The standard InChI is InChI=1S/C26H35NO5/c1-5-32-25(30)21(15(2)28)14-27-23-13-22-20-8-6-16-12-17(31-4)7-9-18(16)19(20)10-11-26(22,3)24(23)29/h7,9,12,14,19-20,22-24,28-29H,5-6,8,10-11,13H2,1-4H3/b21-15-,27-14?/t19-,20-,22+,23-,24+,26+/m1/s1. The summed E-state index contributed by atoms with van der Waals surface area (Å²) >= 11 is 0. The Morgan fingerprint density at radius 3 is 2.81 bits per heavy atom. The molecule has 0 bridgehead atoms. The molecular weight excluding hydrogens is 406 g/mol. The number of carbonyl (C=O) groups is 1. The summed E-state index contributed by atoms with van der Waals surface area (Å²) in [5.41, 5.74) is 2.70. The van der Waals surface area contributed by atoms with E-state index in [1.807, 2.05) is 0 Å². The number of carbonyl (C=O) groups excluding carboxylic acids is 1. The van der Waals surface area contributed by atoms with Crippen molar-refractivity contribution in [2.45, 2.75) is 70.9 Å². The van der Waals surface area contributed by atoms with Crippen LogP contribution in [0.2, 0.25) is 0 Å². The Morgan fingerprint density at radius 2 is 2.12 bits per heavy atom. The molecular formula is C26H35NO5. The van der Waals surface area contributed by atoms with E-state index in [1.54, 1.807) is 14.0 Å². The number of hydrogen-bond donors (Lipinski definition) is 2. The molecule has 0 radical (unpaired) electrons. The van der Waals surface area contributed by atoms with Gasteiger partial charge in [-0.2, -0.15) is 0 Å². The minimum absolute atomic E-state index is 0.0532. The van der Waals surface area contributed by atoms with Gasteiger partial charge in [-0.1, -0.05) is 13.0 Å². The van der Waals surface area contributed by atoms with E-state index in [-0.39, 0.29) is 29.4 Å². The van der Waals surface area contributed by atoms with Crippen LogP contribution in [-0.2, 0) is 16.0 Å². The van der Waals surface area contributed by atoms with Gasteiger partial charge in [0.1, 0.15) is 17.1 Å². The molecule has 0 unspecified atom stereocenters.